The number of nitriles is 1. The lowest BCUT2D eigenvalue weighted by molar-refractivity contribution is 0.120. The van der Waals surface area contributed by atoms with Gasteiger partial charge in [0.2, 0.25) is 5.90 Å². The predicted octanol–water partition coefficient (Wildman–Crippen LogP) is 2.85. The van der Waals surface area contributed by atoms with E-state index in [1.54, 1.807) is 0 Å². The normalized spacial score (nSPS) is 28.1. The largest absolute Gasteiger partial charge is 0.444 e. The second kappa shape index (κ2) is 4.63. The lowest BCUT2D eigenvalue weighted by atomic mass is 9.75. The number of piperidine rings is 1. The Kier molecular flexibility index (Phi) is 2.75. The van der Waals surface area contributed by atoms with E-state index in [4.69, 9.17) is 10.1 Å². The quantitative estimate of drug-likeness (QED) is 0.860. The number of ether oxygens (including phenoxy) is 1. The molecule has 4 nitrogen and oxygen atoms in total. The Hall–Kier alpha value is -2.28. The van der Waals surface area contributed by atoms with Crippen LogP contribution < -0.4 is 0 Å². The topological polar surface area (TPSA) is 60.1 Å². The summed E-state index contributed by atoms with van der Waals surface area (Å²) in [6.45, 7) is 2.09. The number of allylic oxidation sites excluding steroid dienone is 2. The fraction of sp³-hybridized carbons (Fsp3) is 0.412. The van der Waals surface area contributed by atoms with Crippen molar-refractivity contribution in [3.63, 3.8) is 0 Å². The summed E-state index contributed by atoms with van der Waals surface area (Å²) < 4.78 is 5.78. The zero-order valence-corrected chi connectivity index (χ0v) is 11.7. The molecular formula is C17H17N3O. The van der Waals surface area contributed by atoms with Gasteiger partial charge in [-0.05, 0) is 18.4 Å². The van der Waals surface area contributed by atoms with Crippen molar-refractivity contribution in [2.75, 3.05) is 13.1 Å². The van der Waals surface area contributed by atoms with E-state index < -0.39 is 5.92 Å². The summed E-state index contributed by atoms with van der Waals surface area (Å²) in [5, 5.41) is 17.7. The number of rotatable bonds is 1. The lowest BCUT2D eigenvalue weighted by Gasteiger charge is -2.48. The van der Waals surface area contributed by atoms with Gasteiger partial charge in [-0.2, -0.15) is 5.26 Å². The summed E-state index contributed by atoms with van der Waals surface area (Å²) in [5.74, 6) is 0.911. The molecule has 1 fully saturated rings. The van der Waals surface area contributed by atoms with Crippen molar-refractivity contribution in [1.82, 2.24) is 4.90 Å². The van der Waals surface area contributed by atoms with Crippen LogP contribution in [0.5, 0.6) is 0 Å². The predicted molar refractivity (Wildman–Crippen MR) is 78.4 cm³/mol. The van der Waals surface area contributed by atoms with E-state index in [0.717, 1.165) is 43.0 Å². The van der Waals surface area contributed by atoms with Gasteiger partial charge in [0.05, 0.1) is 17.7 Å². The fourth-order valence-corrected chi connectivity index (χ4v) is 3.87. The molecule has 0 aromatic heterocycles. The van der Waals surface area contributed by atoms with Crippen LogP contribution in [0.2, 0.25) is 0 Å². The summed E-state index contributed by atoms with van der Waals surface area (Å²) in [4.78, 5) is 2.36. The minimum absolute atomic E-state index is 0.0597. The molecule has 1 N–H and O–H groups in total. The van der Waals surface area contributed by atoms with Crippen LogP contribution in [0.3, 0.4) is 0 Å². The summed E-state index contributed by atoms with van der Waals surface area (Å²) in [5.41, 5.74) is 2.27. The lowest BCUT2D eigenvalue weighted by Crippen LogP contribution is -2.47. The number of nitrogens with zero attached hydrogens (tertiary/aromatic N) is 2. The standard InChI is InChI=1S/C17H17N3O/c18-10-13-14(11-4-2-1-3-5-11)15-16(21-17(13)19)12-6-8-20(15)9-7-12/h1-5,12-14,19H,6-9H2/t13-,14+/m0/s1. The van der Waals surface area contributed by atoms with Crippen LogP contribution in [0.4, 0.5) is 0 Å². The second-order valence-electron chi connectivity index (χ2n) is 5.97. The molecule has 0 spiro atoms. The zero-order chi connectivity index (χ0) is 14.4. The minimum Gasteiger partial charge on any atom is -0.444 e. The first-order valence-electron chi connectivity index (χ1n) is 7.49. The smallest absolute Gasteiger partial charge is 0.205 e. The van der Waals surface area contributed by atoms with Gasteiger partial charge in [-0.25, -0.2) is 0 Å². The van der Waals surface area contributed by atoms with Crippen molar-refractivity contribution in [3.05, 3.63) is 47.4 Å². The fourth-order valence-electron chi connectivity index (χ4n) is 3.87. The van der Waals surface area contributed by atoms with Crippen LogP contribution in [-0.2, 0) is 4.74 Å². The molecule has 0 radical (unpaired) electrons. The van der Waals surface area contributed by atoms with Gasteiger partial charge in [-0.15, -0.1) is 0 Å². The van der Waals surface area contributed by atoms with Crippen LogP contribution in [0.1, 0.15) is 24.3 Å². The van der Waals surface area contributed by atoms with Crippen LogP contribution >= 0.6 is 0 Å². The van der Waals surface area contributed by atoms with Crippen molar-refractivity contribution >= 4 is 5.90 Å². The summed E-state index contributed by atoms with van der Waals surface area (Å²) in [6, 6.07) is 12.4. The average molecular weight is 279 g/mol. The molecule has 4 aliphatic heterocycles. The van der Waals surface area contributed by atoms with Crippen molar-refractivity contribution in [1.29, 1.82) is 10.7 Å². The van der Waals surface area contributed by atoms with Gasteiger partial charge in [0.15, 0.2) is 0 Å². The molecule has 2 bridgehead atoms. The van der Waals surface area contributed by atoms with Crippen molar-refractivity contribution in [2.45, 2.75) is 18.8 Å². The van der Waals surface area contributed by atoms with Crippen molar-refractivity contribution in [3.8, 4) is 6.07 Å². The third-order valence-electron chi connectivity index (χ3n) is 4.89. The van der Waals surface area contributed by atoms with E-state index in [1.165, 1.54) is 0 Å². The van der Waals surface area contributed by atoms with E-state index in [-0.39, 0.29) is 11.8 Å². The maximum Gasteiger partial charge on any atom is 0.205 e. The molecule has 1 aromatic carbocycles. The van der Waals surface area contributed by atoms with Crippen LogP contribution in [0.25, 0.3) is 0 Å². The Morgan fingerprint density at radius 3 is 2.57 bits per heavy atom. The van der Waals surface area contributed by atoms with E-state index in [2.05, 4.69) is 23.1 Å². The first-order valence-corrected chi connectivity index (χ1v) is 7.49. The molecule has 0 saturated carbocycles. The second-order valence-corrected chi connectivity index (χ2v) is 5.97. The highest BCUT2D eigenvalue weighted by atomic mass is 16.5. The molecule has 106 valence electrons. The zero-order valence-electron chi connectivity index (χ0n) is 11.7. The van der Waals surface area contributed by atoms with Crippen molar-refractivity contribution in [2.24, 2.45) is 11.8 Å². The van der Waals surface area contributed by atoms with E-state index in [9.17, 15) is 5.26 Å². The van der Waals surface area contributed by atoms with Crippen molar-refractivity contribution < 1.29 is 4.74 Å². The Labute approximate surface area is 124 Å². The van der Waals surface area contributed by atoms with Gasteiger partial charge in [0.1, 0.15) is 11.7 Å². The first-order chi connectivity index (χ1) is 10.3. The molecule has 1 aromatic rings. The SMILES string of the molecule is N#C[C@@H]1C(=N)OC2=C([C@@H]1c1ccccc1)N1CCC2CC1. The molecule has 4 aliphatic rings. The van der Waals surface area contributed by atoms with Crippen LogP contribution in [0.15, 0.2) is 41.8 Å². The van der Waals surface area contributed by atoms with Crippen LogP contribution in [-0.4, -0.2) is 23.9 Å². The van der Waals surface area contributed by atoms with E-state index in [0.29, 0.717) is 5.92 Å². The molecule has 2 atom stereocenters. The van der Waals surface area contributed by atoms with Gasteiger partial charge >= 0.3 is 0 Å². The summed E-state index contributed by atoms with van der Waals surface area (Å²) in [6.07, 6.45) is 2.20. The van der Waals surface area contributed by atoms with E-state index in [1.807, 2.05) is 18.2 Å². The van der Waals surface area contributed by atoms with Gasteiger partial charge in [0.25, 0.3) is 0 Å². The van der Waals surface area contributed by atoms with Crippen LogP contribution in [0, 0.1) is 28.6 Å². The summed E-state index contributed by atoms with van der Waals surface area (Å²) in [7, 11) is 0. The Balaban J connectivity index is 1.89. The molecule has 4 heterocycles. The van der Waals surface area contributed by atoms with Gasteiger partial charge in [-0.1, -0.05) is 30.3 Å². The highest BCUT2D eigenvalue weighted by Crippen LogP contribution is 2.48. The van der Waals surface area contributed by atoms with Gasteiger partial charge in [-0.3, -0.25) is 5.41 Å². The Bertz CT molecular complexity index is 650. The number of fused-ring (bicyclic) bond motifs is 2. The molecular weight excluding hydrogens is 262 g/mol. The number of nitrogens with one attached hydrogen (secondary N) is 1. The molecule has 4 heteroatoms. The molecule has 21 heavy (non-hydrogen) atoms. The Morgan fingerprint density at radius 2 is 1.90 bits per heavy atom. The molecule has 0 unspecified atom stereocenters. The maximum absolute atomic E-state index is 9.54. The average Bonchev–Trinajstić information content (AvgIpc) is 2.55. The Morgan fingerprint density at radius 1 is 1.19 bits per heavy atom. The third kappa shape index (κ3) is 1.77. The maximum atomic E-state index is 9.54. The highest BCUT2D eigenvalue weighted by molar-refractivity contribution is 5.82. The van der Waals surface area contributed by atoms with Gasteiger partial charge in [0, 0.05) is 19.0 Å². The van der Waals surface area contributed by atoms with Gasteiger partial charge < -0.3 is 9.64 Å². The first kappa shape index (κ1) is 12.5. The molecule has 0 amide bonds. The number of benzene rings is 1. The number of hydrogen-bond acceptors (Lipinski definition) is 4. The summed E-state index contributed by atoms with van der Waals surface area (Å²) >= 11 is 0. The molecule has 1 saturated heterocycles. The van der Waals surface area contributed by atoms with E-state index >= 15 is 0 Å². The molecule has 0 aliphatic carbocycles. The monoisotopic (exact) mass is 279 g/mol. The third-order valence-corrected chi connectivity index (χ3v) is 4.89. The minimum atomic E-state index is -0.523. The highest BCUT2D eigenvalue weighted by Gasteiger charge is 2.46. The number of hydrogen-bond donors (Lipinski definition) is 1. The molecule has 5 rings (SSSR count).